The van der Waals surface area contributed by atoms with Gasteiger partial charge >= 0.3 is 0 Å². The summed E-state index contributed by atoms with van der Waals surface area (Å²) in [6.45, 7) is 17.4. The predicted molar refractivity (Wildman–Crippen MR) is 95.1 cm³/mol. The molecule has 0 aliphatic heterocycles. The largest absolute Gasteiger partial charge is 0.462 e. The molecule has 124 valence electrons. The number of hydrogen-bond donors (Lipinski definition) is 0. The van der Waals surface area contributed by atoms with Crippen LogP contribution in [0, 0.1) is 5.41 Å². The average Bonchev–Trinajstić information content (AvgIpc) is 2.43. The molecule has 0 radical (unpaired) electrons. The zero-order valence-electron chi connectivity index (χ0n) is 15.2. The molecule has 2 nitrogen and oxygen atoms in total. The topological polar surface area (TPSA) is 18.5 Å². The van der Waals surface area contributed by atoms with E-state index in [0.717, 1.165) is 29.9 Å². The van der Waals surface area contributed by atoms with Crippen LogP contribution in [0.2, 0.25) is 0 Å². The molecule has 0 fully saturated rings. The molecule has 1 rings (SSSR count). The van der Waals surface area contributed by atoms with Crippen molar-refractivity contribution in [1.82, 2.24) is 0 Å². The van der Waals surface area contributed by atoms with Gasteiger partial charge in [-0.05, 0) is 31.0 Å². The molecule has 1 atom stereocenters. The normalized spacial score (nSPS) is 14.5. The molecule has 22 heavy (non-hydrogen) atoms. The van der Waals surface area contributed by atoms with Gasteiger partial charge in [0.2, 0.25) is 5.79 Å². The summed E-state index contributed by atoms with van der Waals surface area (Å²) in [5.41, 5.74) is 2.07. The molecule has 1 aromatic carbocycles. The molecule has 0 amide bonds. The lowest BCUT2D eigenvalue weighted by atomic mass is 9.86. The monoisotopic (exact) mass is 304 g/mol. The van der Waals surface area contributed by atoms with Crippen LogP contribution in [0.3, 0.4) is 0 Å². The van der Waals surface area contributed by atoms with Crippen molar-refractivity contribution in [1.29, 1.82) is 0 Å². The minimum absolute atomic E-state index is 0.119. The van der Waals surface area contributed by atoms with Gasteiger partial charge in [-0.3, -0.25) is 0 Å². The maximum atomic E-state index is 6.23. The Kier molecular flexibility index (Phi) is 6.67. The van der Waals surface area contributed by atoms with E-state index < -0.39 is 5.79 Å². The minimum atomic E-state index is -0.647. The van der Waals surface area contributed by atoms with E-state index in [0.29, 0.717) is 0 Å². The summed E-state index contributed by atoms with van der Waals surface area (Å²) in [6.07, 6.45) is 3.45. The summed E-state index contributed by atoms with van der Waals surface area (Å²) in [5, 5.41) is 0. The van der Waals surface area contributed by atoms with Gasteiger partial charge in [0.15, 0.2) is 0 Å². The maximum Gasteiger partial charge on any atom is 0.212 e. The third kappa shape index (κ3) is 5.17. The highest BCUT2D eigenvalue weighted by atomic mass is 16.7. The second-order valence-corrected chi connectivity index (χ2v) is 7.16. The smallest absolute Gasteiger partial charge is 0.212 e. The van der Waals surface area contributed by atoms with E-state index in [1.165, 1.54) is 12.8 Å². The molecular weight excluding hydrogens is 272 g/mol. The van der Waals surface area contributed by atoms with Crippen molar-refractivity contribution < 1.29 is 9.47 Å². The first-order chi connectivity index (χ1) is 10.2. The molecule has 0 aliphatic rings. The van der Waals surface area contributed by atoms with Gasteiger partial charge < -0.3 is 9.47 Å². The molecule has 1 unspecified atom stereocenters. The molecule has 0 bridgehead atoms. The molecule has 0 spiro atoms. The van der Waals surface area contributed by atoms with Crippen LogP contribution in [0.15, 0.2) is 30.8 Å². The Balaban J connectivity index is 2.82. The van der Waals surface area contributed by atoms with Gasteiger partial charge in [-0.2, -0.15) is 0 Å². The van der Waals surface area contributed by atoms with Crippen LogP contribution < -0.4 is 4.74 Å². The van der Waals surface area contributed by atoms with Crippen molar-refractivity contribution in [3.63, 3.8) is 0 Å². The predicted octanol–water partition coefficient (Wildman–Crippen LogP) is 6.07. The van der Waals surface area contributed by atoms with Crippen molar-refractivity contribution in [2.45, 2.75) is 66.6 Å². The second-order valence-electron chi connectivity index (χ2n) is 7.16. The minimum Gasteiger partial charge on any atom is -0.462 e. The van der Waals surface area contributed by atoms with Crippen LogP contribution in [0.1, 0.15) is 66.4 Å². The van der Waals surface area contributed by atoms with Gasteiger partial charge in [-0.1, -0.05) is 64.8 Å². The van der Waals surface area contributed by atoms with Crippen LogP contribution in [-0.4, -0.2) is 12.4 Å². The molecule has 0 aliphatic carbocycles. The lowest BCUT2D eigenvalue weighted by molar-refractivity contribution is -0.230. The van der Waals surface area contributed by atoms with E-state index in [-0.39, 0.29) is 5.41 Å². The van der Waals surface area contributed by atoms with Gasteiger partial charge in [0.25, 0.3) is 0 Å². The Morgan fingerprint density at radius 2 is 1.64 bits per heavy atom. The van der Waals surface area contributed by atoms with Crippen LogP contribution in [0.25, 0.3) is 5.57 Å². The van der Waals surface area contributed by atoms with Gasteiger partial charge in [-0.15, -0.1) is 0 Å². The molecule has 1 aromatic rings. The van der Waals surface area contributed by atoms with E-state index in [1.807, 2.05) is 38.1 Å². The second kappa shape index (κ2) is 7.82. The molecule has 0 aromatic heterocycles. The summed E-state index contributed by atoms with van der Waals surface area (Å²) >= 11 is 0. The Bertz CT molecular complexity index is 467. The molecule has 2 heteroatoms. The maximum absolute atomic E-state index is 6.23. The van der Waals surface area contributed by atoms with Crippen LogP contribution in [0.5, 0.6) is 5.75 Å². The number of benzene rings is 1. The zero-order valence-corrected chi connectivity index (χ0v) is 15.2. The Morgan fingerprint density at radius 1 is 1.05 bits per heavy atom. The number of rotatable bonds is 8. The summed E-state index contributed by atoms with van der Waals surface area (Å²) in [4.78, 5) is 0. The number of hydrogen-bond acceptors (Lipinski definition) is 2. The molecule has 0 N–H and O–H groups in total. The summed E-state index contributed by atoms with van der Waals surface area (Å²) in [7, 11) is 0. The van der Waals surface area contributed by atoms with Gasteiger partial charge in [-0.25, -0.2) is 0 Å². The first kappa shape index (κ1) is 18.8. The Morgan fingerprint density at radius 3 is 2.09 bits per heavy atom. The molecule has 0 heterocycles. The third-order valence-electron chi connectivity index (χ3n) is 4.15. The SMILES string of the molecule is C=C(C)c1ccc(OC(C)(OCCCCC)C(C)(C)C)cc1. The van der Waals surface area contributed by atoms with Crippen molar-refractivity contribution >= 4 is 5.57 Å². The fourth-order valence-corrected chi connectivity index (χ4v) is 2.05. The lowest BCUT2D eigenvalue weighted by Gasteiger charge is -2.41. The van der Waals surface area contributed by atoms with Crippen molar-refractivity contribution in [2.75, 3.05) is 6.61 Å². The van der Waals surface area contributed by atoms with E-state index in [9.17, 15) is 0 Å². The Hall–Kier alpha value is -1.28. The summed E-state index contributed by atoms with van der Waals surface area (Å²) < 4.78 is 12.4. The van der Waals surface area contributed by atoms with E-state index in [2.05, 4.69) is 34.3 Å². The van der Waals surface area contributed by atoms with Crippen molar-refractivity contribution in [3.05, 3.63) is 36.4 Å². The first-order valence-corrected chi connectivity index (χ1v) is 8.28. The fraction of sp³-hybridized carbons (Fsp3) is 0.600. The van der Waals surface area contributed by atoms with Crippen molar-refractivity contribution in [3.8, 4) is 5.75 Å². The van der Waals surface area contributed by atoms with Gasteiger partial charge in [0.05, 0.1) is 6.61 Å². The quantitative estimate of drug-likeness (QED) is 0.429. The number of unbranched alkanes of at least 4 members (excludes halogenated alkanes) is 2. The third-order valence-corrected chi connectivity index (χ3v) is 4.15. The highest BCUT2D eigenvalue weighted by Gasteiger charge is 2.41. The molecule has 0 saturated carbocycles. The Labute approximate surface area is 136 Å². The molecular formula is C20H32O2. The average molecular weight is 304 g/mol. The highest BCUT2D eigenvalue weighted by molar-refractivity contribution is 5.61. The van der Waals surface area contributed by atoms with Crippen LogP contribution >= 0.6 is 0 Å². The number of allylic oxidation sites excluding steroid dienone is 1. The van der Waals surface area contributed by atoms with E-state index in [4.69, 9.17) is 9.47 Å². The summed E-state index contributed by atoms with van der Waals surface area (Å²) in [5.74, 6) is 0.184. The first-order valence-electron chi connectivity index (χ1n) is 8.28. The standard InChI is InChI=1S/C20H32O2/c1-8-9-10-15-21-20(7,19(4,5)6)22-18-13-11-17(12-14-18)16(2)3/h11-14H,2,8-10,15H2,1,3-7H3. The van der Waals surface area contributed by atoms with E-state index in [1.54, 1.807) is 0 Å². The van der Waals surface area contributed by atoms with Crippen LogP contribution in [0.4, 0.5) is 0 Å². The fourth-order valence-electron chi connectivity index (χ4n) is 2.05. The van der Waals surface area contributed by atoms with Gasteiger partial charge in [0.1, 0.15) is 5.75 Å². The molecule has 0 saturated heterocycles. The lowest BCUT2D eigenvalue weighted by Crippen LogP contribution is -2.48. The van der Waals surface area contributed by atoms with Crippen LogP contribution in [-0.2, 0) is 4.74 Å². The summed E-state index contributed by atoms with van der Waals surface area (Å²) in [6, 6.07) is 8.06. The zero-order chi connectivity index (χ0) is 16.8. The number of ether oxygens (including phenoxy) is 2. The highest BCUT2D eigenvalue weighted by Crippen LogP contribution is 2.36. The van der Waals surface area contributed by atoms with Crippen molar-refractivity contribution in [2.24, 2.45) is 5.41 Å². The van der Waals surface area contributed by atoms with E-state index >= 15 is 0 Å². The van der Waals surface area contributed by atoms with Gasteiger partial charge in [0, 0.05) is 12.3 Å².